The lowest BCUT2D eigenvalue weighted by Crippen LogP contribution is -2.27. The Balaban J connectivity index is 4.26. The van der Waals surface area contributed by atoms with E-state index >= 15 is 0 Å². The number of halogens is 1. The zero-order chi connectivity index (χ0) is 13.1. The van der Waals surface area contributed by atoms with Crippen molar-refractivity contribution in [1.29, 1.82) is 0 Å². The van der Waals surface area contributed by atoms with E-state index in [0.29, 0.717) is 0 Å². The smallest absolute Gasteiger partial charge is 0.139 e. The summed E-state index contributed by atoms with van der Waals surface area (Å²) in [5, 5.41) is -0.376. The van der Waals surface area contributed by atoms with E-state index in [1.165, 1.54) is 0 Å². The van der Waals surface area contributed by atoms with E-state index < -0.39 is 0 Å². The van der Waals surface area contributed by atoms with Crippen LogP contribution in [0.5, 0.6) is 0 Å². The van der Waals surface area contributed by atoms with Gasteiger partial charge < -0.3 is 0 Å². The average Bonchev–Trinajstić information content (AvgIpc) is 1.99. The van der Waals surface area contributed by atoms with Gasteiger partial charge in [-0.15, -0.1) is 11.6 Å². The van der Waals surface area contributed by atoms with Gasteiger partial charge in [0, 0.05) is 29.0 Å². The molecular weight excluding hydrogens is 224 g/mol. The molecule has 0 amide bonds. The Kier molecular flexibility index (Phi) is 5.18. The molecule has 0 unspecified atom stereocenters. The number of ketones is 2. The van der Waals surface area contributed by atoms with E-state index in [4.69, 9.17) is 11.6 Å². The van der Waals surface area contributed by atoms with Gasteiger partial charge in [0.15, 0.2) is 0 Å². The predicted molar refractivity (Wildman–Crippen MR) is 67.8 cm³/mol. The molecule has 0 spiro atoms. The highest BCUT2D eigenvalue weighted by atomic mass is 35.5. The average molecular weight is 247 g/mol. The van der Waals surface area contributed by atoms with Crippen LogP contribution in [-0.2, 0) is 9.59 Å². The van der Waals surface area contributed by atoms with Crippen LogP contribution in [0.15, 0.2) is 0 Å². The summed E-state index contributed by atoms with van der Waals surface area (Å²) >= 11 is 6.04. The molecule has 2 nitrogen and oxygen atoms in total. The first-order valence-corrected chi connectivity index (χ1v) is 6.09. The minimum atomic E-state index is -0.377. The van der Waals surface area contributed by atoms with Crippen LogP contribution in [0, 0.1) is 10.8 Å². The molecule has 0 aromatic rings. The molecule has 0 radical (unpaired) electrons. The van der Waals surface area contributed by atoms with E-state index in [2.05, 4.69) is 0 Å². The fourth-order valence-corrected chi connectivity index (χ4v) is 1.37. The van der Waals surface area contributed by atoms with E-state index in [0.717, 1.165) is 0 Å². The molecule has 0 aromatic carbocycles. The molecule has 0 aliphatic carbocycles. The van der Waals surface area contributed by atoms with E-state index in [9.17, 15) is 9.59 Å². The lowest BCUT2D eigenvalue weighted by Gasteiger charge is -2.21. The summed E-state index contributed by atoms with van der Waals surface area (Å²) in [4.78, 5) is 23.4. The predicted octanol–water partition coefficient (Wildman–Crippen LogP) is 3.60. The monoisotopic (exact) mass is 246 g/mol. The maximum Gasteiger partial charge on any atom is 0.139 e. The third kappa shape index (κ3) is 5.64. The van der Waals surface area contributed by atoms with Crippen LogP contribution >= 0.6 is 11.6 Å². The highest BCUT2D eigenvalue weighted by Crippen LogP contribution is 2.24. The first kappa shape index (κ1) is 15.6. The Morgan fingerprint density at radius 1 is 0.875 bits per heavy atom. The summed E-state index contributed by atoms with van der Waals surface area (Å²) in [6.07, 6.45) is 0.541. The van der Waals surface area contributed by atoms with Gasteiger partial charge in [-0.3, -0.25) is 9.59 Å². The van der Waals surface area contributed by atoms with E-state index in [1.54, 1.807) is 0 Å². The standard InChI is InChI=1S/C13H23ClO2/c1-12(2,3)10(15)7-9(14)8-11(16)13(4,5)6/h9H,7-8H2,1-6H3. The highest BCUT2D eigenvalue weighted by molar-refractivity contribution is 6.23. The fourth-order valence-electron chi connectivity index (χ4n) is 1.09. The molecule has 0 saturated heterocycles. The number of rotatable bonds is 4. The molecule has 94 valence electrons. The number of carbonyl (C=O) groups is 2. The minimum Gasteiger partial charge on any atom is -0.299 e. The lowest BCUT2D eigenvalue weighted by molar-refractivity contribution is -0.127. The maximum atomic E-state index is 11.7. The first-order valence-electron chi connectivity index (χ1n) is 5.65. The van der Waals surface area contributed by atoms with E-state index in [-0.39, 0.29) is 40.6 Å². The van der Waals surface area contributed by atoms with Gasteiger partial charge in [0.05, 0.1) is 0 Å². The van der Waals surface area contributed by atoms with Gasteiger partial charge in [-0.2, -0.15) is 0 Å². The second kappa shape index (κ2) is 5.31. The van der Waals surface area contributed by atoms with Crippen molar-refractivity contribution in [1.82, 2.24) is 0 Å². The van der Waals surface area contributed by atoms with Gasteiger partial charge in [0.1, 0.15) is 11.6 Å². The Morgan fingerprint density at radius 2 is 1.12 bits per heavy atom. The molecule has 0 heterocycles. The van der Waals surface area contributed by atoms with Crippen molar-refractivity contribution < 1.29 is 9.59 Å². The number of carbonyl (C=O) groups excluding carboxylic acids is 2. The van der Waals surface area contributed by atoms with Gasteiger partial charge >= 0.3 is 0 Å². The largest absolute Gasteiger partial charge is 0.299 e. The number of Topliss-reactive ketones (excluding diaryl/α,β-unsaturated/α-hetero) is 2. The number of alkyl halides is 1. The van der Waals surface area contributed by atoms with Crippen molar-refractivity contribution >= 4 is 23.2 Å². The third-order valence-corrected chi connectivity index (χ3v) is 2.80. The molecule has 0 N–H and O–H groups in total. The molecule has 3 heteroatoms. The Hall–Kier alpha value is -0.370. The SMILES string of the molecule is CC(C)(C)C(=O)CC(Cl)CC(=O)C(C)(C)C. The zero-order valence-corrected chi connectivity index (χ0v) is 11.9. The number of hydrogen-bond acceptors (Lipinski definition) is 2. The van der Waals surface area contributed by atoms with Crippen LogP contribution in [0.4, 0.5) is 0 Å². The topological polar surface area (TPSA) is 34.1 Å². The summed E-state index contributed by atoms with van der Waals surface area (Å²) in [6.45, 7) is 11.2. The van der Waals surface area contributed by atoms with Crippen molar-refractivity contribution in [3.8, 4) is 0 Å². The number of hydrogen-bond donors (Lipinski definition) is 0. The van der Waals surface area contributed by atoms with Gasteiger partial charge in [-0.05, 0) is 0 Å². The van der Waals surface area contributed by atoms with Gasteiger partial charge in [-0.1, -0.05) is 41.5 Å². The second-order valence-corrected chi connectivity index (χ2v) is 6.97. The fraction of sp³-hybridized carbons (Fsp3) is 0.846. The van der Waals surface area contributed by atoms with Crippen molar-refractivity contribution in [3.05, 3.63) is 0 Å². The molecule has 0 atom stereocenters. The normalized spacial score (nSPS) is 13.0. The molecular formula is C13H23ClO2. The molecule has 0 aliphatic rings. The summed E-state index contributed by atoms with van der Waals surface area (Å²) < 4.78 is 0. The summed E-state index contributed by atoms with van der Waals surface area (Å²) in [7, 11) is 0. The van der Waals surface area contributed by atoms with Crippen LogP contribution in [-0.4, -0.2) is 16.9 Å². The zero-order valence-electron chi connectivity index (χ0n) is 11.2. The molecule has 16 heavy (non-hydrogen) atoms. The van der Waals surface area contributed by atoms with Gasteiger partial charge in [-0.25, -0.2) is 0 Å². The van der Waals surface area contributed by atoms with Gasteiger partial charge in [0.25, 0.3) is 0 Å². The van der Waals surface area contributed by atoms with Crippen LogP contribution in [0.2, 0.25) is 0 Å². The summed E-state index contributed by atoms with van der Waals surface area (Å²) in [6, 6.07) is 0. The maximum absolute atomic E-state index is 11.7. The van der Waals surface area contributed by atoms with Crippen molar-refractivity contribution in [2.24, 2.45) is 10.8 Å². The molecule has 0 aliphatic heterocycles. The minimum absolute atomic E-state index is 0.106. The van der Waals surface area contributed by atoms with Crippen LogP contribution in [0.25, 0.3) is 0 Å². The second-order valence-electron chi connectivity index (χ2n) is 6.35. The molecule has 0 aromatic heterocycles. The van der Waals surface area contributed by atoms with Gasteiger partial charge in [0.2, 0.25) is 0 Å². The summed E-state index contributed by atoms with van der Waals surface area (Å²) in [5.74, 6) is 0.211. The van der Waals surface area contributed by atoms with E-state index in [1.807, 2.05) is 41.5 Å². The Bertz CT molecular complexity index is 241. The van der Waals surface area contributed by atoms with Crippen molar-refractivity contribution in [3.63, 3.8) is 0 Å². The molecule has 0 saturated carbocycles. The lowest BCUT2D eigenvalue weighted by atomic mass is 9.84. The molecule has 0 rings (SSSR count). The third-order valence-electron chi connectivity index (χ3n) is 2.49. The van der Waals surface area contributed by atoms with Crippen LogP contribution in [0.3, 0.4) is 0 Å². The van der Waals surface area contributed by atoms with Crippen LogP contribution in [0.1, 0.15) is 54.4 Å². The quantitative estimate of drug-likeness (QED) is 0.711. The Labute approximate surface area is 104 Å². The molecule has 0 fully saturated rings. The Morgan fingerprint density at radius 3 is 1.31 bits per heavy atom. The van der Waals surface area contributed by atoms with Crippen LogP contribution < -0.4 is 0 Å². The summed E-state index contributed by atoms with van der Waals surface area (Å²) in [5.41, 5.74) is -0.754. The first-order chi connectivity index (χ1) is 6.94. The highest BCUT2D eigenvalue weighted by Gasteiger charge is 2.28. The van der Waals surface area contributed by atoms with Crippen molar-refractivity contribution in [2.75, 3.05) is 0 Å². The van der Waals surface area contributed by atoms with Crippen molar-refractivity contribution in [2.45, 2.75) is 59.8 Å². The molecule has 0 bridgehead atoms.